The molecule has 0 saturated carbocycles. The van der Waals surface area contributed by atoms with E-state index in [0.717, 1.165) is 12.2 Å². The highest BCUT2D eigenvalue weighted by Crippen LogP contribution is 2.17. The molecule has 2 amide bonds. The van der Waals surface area contributed by atoms with E-state index in [4.69, 9.17) is 0 Å². The Kier molecular flexibility index (Phi) is 5.80. The first-order valence-electron chi connectivity index (χ1n) is 7.04. The third kappa shape index (κ3) is 4.90. The number of benzene rings is 1. The maximum atomic E-state index is 11.8. The van der Waals surface area contributed by atoms with E-state index in [-0.39, 0.29) is 11.8 Å². The molecule has 1 aliphatic heterocycles. The molecule has 0 atom stereocenters. The summed E-state index contributed by atoms with van der Waals surface area (Å²) in [5, 5.41) is 6.60. The number of carbonyl (C=O) groups is 2. The van der Waals surface area contributed by atoms with Crippen LogP contribution in [0.25, 0.3) is 0 Å². The topological polar surface area (TPSA) is 70.6 Å². The van der Waals surface area contributed by atoms with E-state index < -0.39 is 0 Å². The van der Waals surface area contributed by atoms with Crippen molar-refractivity contribution in [1.82, 2.24) is 10.7 Å². The van der Waals surface area contributed by atoms with E-state index >= 15 is 0 Å². The van der Waals surface area contributed by atoms with E-state index in [0.29, 0.717) is 25.1 Å². The largest absolute Gasteiger partial charge is 0.351 e. The van der Waals surface area contributed by atoms with E-state index in [1.165, 1.54) is 10.5 Å². The summed E-state index contributed by atoms with van der Waals surface area (Å²) in [4.78, 5) is 24.1. The molecule has 21 heavy (non-hydrogen) atoms. The van der Waals surface area contributed by atoms with Crippen LogP contribution in [0.15, 0.2) is 34.3 Å². The van der Waals surface area contributed by atoms with Gasteiger partial charge in [-0.05, 0) is 29.9 Å². The van der Waals surface area contributed by atoms with E-state index in [9.17, 15) is 9.59 Å². The van der Waals surface area contributed by atoms with Gasteiger partial charge in [-0.25, -0.2) is 5.43 Å². The second-order valence-electron chi connectivity index (χ2n) is 4.68. The molecule has 2 N–H and O–H groups in total. The van der Waals surface area contributed by atoms with Crippen molar-refractivity contribution in [3.63, 3.8) is 0 Å². The quantitative estimate of drug-likeness (QED) is 0.786. The van der Waals surface area contributed by atoms with Gasteiger partial charge in [-0.3, -0.25) is 9.59 Å². The monoisotopic (exact) mass is 305 g/mol. The first kappa shape index (κ1) is 15.6. The Morgan fingerprint density at radius 2 is 2.10 bits per heavy atom. The smallest absolute Gasteiger partial charge is 0.267 e. The lowest BCUT2D eigenvalue weighted by atomic mass is 10.1. The van der Waals surface area contributed by atoms with Crippen molar-refractivity contribution in [3.8, 4) is 0 Å². The van der Waals surface area contributed by atoms with Crippen molar-refractivity contribution in [3.05, 3.63) is 29.8 Å². The maximum Gasteiger partial charge on any atom is 0.267 e. The summed E-state index contributed by atoms with van der Waals surface area (Å²) in [7, 11) is 0. The molecule has 0 aromatic heterocycles. The summed E-state index contributed by atoms with van der Waals surface area (Å²) in [5.74, 6) is 0.721. The highest BCUT2D eigenvalue weighted by Gasteiger charge is 2.17. The van der Waals surface area contributed by atoms with Crippen LogP contribution in [0.1, 0.15) is 25.3 Å². The molecule has 1 aromatic carbocycles. The predicted molar refractivity (Wildman–Crippen MR) is 84.4 cm³/mol. The van der Waals surface area contributed by atoms with Crippen LogP contribution in [-0.2, 0) is 16.0 Å². The summed E-state index contributed by atoms with van der Waals surface area (Å²) in [6, 6.07) is 8.38. The molecular formula is C15H19N3O2S. The van der Waals surface area contributed by atoms with E-state index in [2.05, 4.69) is 47.0 Å². The minimum atomic E-state index is -0.201. The highest BCUT2D eigenvalue weighted by molar-refractivity contribution is 7.99. The number of hydrogen-bond acceptors (Lipinski definition) is 4. The Balaban J connectivity index is 1.76. The fourth-order valence-corrected chi connectivity index (χ4v) is 2.64. The number of thioether (sulfide) groups is 1. The van der Waals surface area contributed by atoms with Crippen LogP contribution >= 0.6 is 11.8 Å². The van der Waals surface area contributed by atoms with Gasteiger partial charge in [0.15, 0.2) is 0 Å². The van der Waals surface area contributed by atoms with Gasteiger partial charge in [-0.1, -0.05) is 19.1 Å². The summed E-state index contributed by atoms with van der Waals surface area (Å²) < 4.78 is 0. The number of rotatable bonds is 6. The zero-order valence-corrected chi connectivity index (χ0v) is 12.8. The van der Waals surface area contributed by atoms with Crippen LogP contribution in [0.4, 0.5) is 0 Å². The Bertz CT molecular complexity index is 540. The molecule has 1 heterocycles. The highest BCUT2D eigenvalue weighted by atomic mass is 32.2. The molecule has 0 aliphatic carbocycles. The minimum absolute atomic E-state index is 0.142. The van der Waals surface area contributed by atoms with Gasteiger partial charge in [-0.15, -0.1) is 11.8 Å². The van der Waals surface area contributed by atoms with Gasteiger partial charge in [0.05, 0.1) is 0 Å². The normalized spacial score (nSPS) is 14.3. The van der Waals surface area contributed by atoms with Gasteiger partial charge in [-0.2, -0.15) is 5.10 Å². The fourth-order valence-electron chi connectivity index (χ4n) is 1.98. The Hall–Kier alpha value is -1.82. The van der Waals surface area contributed by atoms with Gasteiger partial charge < -0.3 is 5.32 Å². The third-order valence-electron chi connectivity index (χ3n) is 3.10. The number of nitrogens with one attached hydrogen (secondary N) is 2. The second-order valence-corrected chi connectivity index (χ2v) is 6.01. The number of hydrazone groups is 1. The Morgan fingerprint density at radius 3 is 2.71 bits per heavy atom. The summed E-state index contributed by atoms with van der Waals surface area (Å²) >= 11 is 1.81. The molecule has 6 heteroatoms. The zero-order chi connectivity index (χ0) is 15.1. The SMILES string of the molecule is CCSc1ccc(CCNC(=O)C2=NNC(=O)CC2)cc1. The average molecular weight is 305 g/mol. The van der Waals surface area contributed by atoms with Gasteiger partial charge in [0, 0.05) is 24.3 Å². The number of amides is 2. The minimum Gasteiger partial charge on any atom is -0.351 e. The van der Waals surface area contributed by atoms with Crippen LogP contribution in [0.2, 0.25) is 0 Å². The van der Waals surface area contributed by atoms with Gasteiger partial charge in [0.2, 0.25) is 5.91 Å². The van der Waals surface area contributed by atoms with E-state index in [1.54, 1.807) is 0 Å². The van der Waals surface area contributed by atoms with Gasteiger partial charge in [0.25, 0.3) is 5.91 Å². The number of hydrogen-bond donors (Lipinski definition) is 2. The van der Waals surface area contributed by atoms with Crippen molar-refractivity contribution in [2.24, 2.45) is 5.10 Å². The van der Waals surface area contributed by atoms with Gasteiger partial charge in [0.1, 0.15) is 5.71 Å². The van der Waals surface area contributed by atoms with Crippen LogP contribution in [0.3, 0.4) is 0 Å². The van der Waals surface area contributed by atoms with Crippen molar-refractivity contribution in [1.29, 1.82) is 0 Å². The number of carbonyl (C=O) groups excluding carboxylic acids is 2. The Labute approximate surface area is 128 Å². The lowest BCUT2D eigenvalue weighted by Gasteiger charge is -2.12. The molecule has 5 nitrogen and oxygen atoms in total. The number of nitrogens with zero attached hydrogens (tertiary/aromatic N) is 1. The van der Waals surface area contributed by atoms with Crippen LogP contribution in [0, 0.1) is 0 Å². The van der Waals surface area contributed by atoms with Gasteiger partial charge >= 0.3 is 0 Å². The van der Waals surface area contributed by atoms with E-state index in [1.807, 2.05) is 11.8 Å². The van der Waals surface area contributed by atoms with Crippen LogP contribution in [0.5, 0.6) is 0 Å². The zero-order valence-electron chi connectivity index (χ0n) is 12.0. The lowest BCUT2D eigenvalue weighted by Crippen LogP contribution is -2.37. The second kappa shape index (κ2) is 7.83. The molecular weight excluding hydrogens is 286 g/mol. The first-order chi connectivity index (χ1) is 10.2. The molecule has 0 fully saturated rings. The average Bonchev–Trinajstić information content (AvgIpc) is 2.50. The van der Waals surface area contributed by atoms with Crippen LogP contribution < -0.4 is 10.7 Å². The maximum absolute atomic E-state index is 11.8. The molecule has 1 aliphatic rings. The van der Waals surface area contributed by atoms with Crippen LogP contribution in [-0.4, -0.2) is 29.8 Å². The molecule has 112 valence electrons. The summed E-state index contributed by atoms with van der Waals surface area (Å²) in [6.45, 7) is 2.69. The molecule has 0 radical (unpaired) electrons. The third-order valence-corrected chi connectivity index (χ3v) is 3.99. The van der Waals surface area contributed by atoms with Crippen molar-refractivity contribution < 1.29 is 9.59 Å². The Morgan fingerprint density at radius 1 is 1.33 bits per heavy atom. The first-order valence-corrected chi connectivity index (χ1v) is 8.03. The van der Waals surface area contributed by atoms with Crippen molar-refractivity contribution in [2.45, 2.75) is 31.1 Å². The molecule has 0 bridgehead atoms. The van der Waals surface area contributed by atoms with Crippen molar-refractivity contribution in [2.75, 3.05) is 12.3 Å². The molecule has 0 unspecified atom stereocenters. The molecule has 1 aromatic rings. The molecule has 2 rings (SSSR count). The molecule has 0 saturated heterocycles. The summed E-state index contributed by atoms with van der Waals surface area (Å²) in [5.41, 5.74) is 3.91. The standard InChI is InChI=1S/C15H19N3O2S/c1-2-21-12-5-3-11(4-6-12)9-10-16-15(20)13-7-8-14(19)18-17-13/h3-6H,2,7-10H2,1H3,(H,16,20)(H,18,19). The summed E-state index contributed by atoms with van der Waals surface area (Å²) in [6.07, 6.45) is 1.51. The lowest BCUT2D eigenvalue weighted by molar-refractivity contribution is -0.121. The molecule has 0 spiro atoms. The predicted octanol–water partition coefficient (Wildman–Crippen LogP) is 1.72. The van der Waals surface area contributed by atoms with Crippen molar-refractivity contribution >= 4 is 29.3 Å². The fraction of sp³-hybridized carbons (Fsp3) is 0.400.